The predicted octanol–water partition coefficient (Wildman–Crippen LogP) is 2.18. The van der Waals surface area contributed by atoms with E-state index >= 15 is 0 Å². The summed E-state index contributed by atoms with van der Waals surface area (Å²) in [5.74, 6) is 0.314. The molecule has 5 heteroatoms. The van der Waals surface area contributed by atoms with E-state index in [0.717, 1.165) is 40.4 Å². The van der Waals surface area contributed by atoms with Crippen LogP contribution in [0.2, 0.25) is 0 Å². The first-order valence-electron chi connectivity index (χ1n) is 6.50. The summed E-state index contributed by atoms with van der Waals surface area (Å²) >= 11 is 1.67. The number of nitrogens with one attached hydrogen (secondary N) is 1. The number of aryl methyl sites for hydroxylation is 1. The molecule has 1 aromatic heterocycles. The molecule has 2 heterocycles. The molecule has 2 aromatic rings. The minimum Gasteiger partial charge on any atom is -0.316 e. The zero-order valence-corrected chi connectivity index (χ0v) is 12.0. The van der Waals surface area contributed by atoms with Crippen molar-refractivity contribution in [3.8, 4) is 0 Å². The van der Waals surface area contributed by atoms with E-state index in [2.05, 4.69) is 16.4 Å². The van der Waals surface area contributed by atoms with Crippen molar-refractivity contribution in [2.75, 3.05) is 25.0 Å². The van der Waals surface area contributed by atoms with Crippen LogP contribution < -0.4 is 10.2 Å². The van der Waals surface area contributed by atoms with Crippen LogP contribution in [-0.2, 0) is 4.79 Å². The lowest BCUT2D eigenvalue weighted by Crippen LogP contribution is -2.33. The van der Waals surface area contributed by atoms with Crippen molar-refractivity contribution in [2.45, 2.75) is 13.3 Å². The molecule has 19 heavy (non-hydrogen) atoms. The minimum absolute atomic E-state index is 0.115. The Morgan fingerprint density at radius 1 is 1.53 bits per heavy atom. The number of carbonyl (C=O) groups excluding carboxylic acids is 1. The number of fused-ring (bicyclic) bond motifs is 1. The van der Waals surface area contributed by atoms with Crippen LogP contribution in [0.15, 0.2) is 18.2 Å². The van der Waals surface area contributed by atoms with Crippen molar-refractivity contribution in [2.24, 2.45) is 5.92 Å². The van der Waals surface area contributed by atoms with Gasteiger partial charge in [0.25, 0.3) is 0 Å². The summed E-state index contributed by atoms with van der Waals surface area (Å²) < 4.78 is 1.14. The minimum atomic E-state index is 0.115. The fourth-order valence-corrected chi connectivity index (χ4v) is 3.36. The topological polar surface area (TPSA) is 45.2 Å². The van der Waals surface area contributed by atoms with Crippen LogP contribution in [0, 0.1) is 12.8 Å². The molecule has 4 nitrogen and oxygen atoms in total. The number of benzene rings is 1. The number of anilines is 1. The van der Waals surface area contributed by atoms with Gasteiger partial charge in [0.1, 0.15) is 0 Å². The molecule has 1 saturated heterocycles. The van der Waals surface area contributed by atoms with Crippen LogP contribution in [0.3, 0.4) is 0 Å². The molecule has 1 aliphatic rings. The van der Waals surface area contributed by atoms with Gasteiger partial charge in [0.05, 0.1) is 21.1 Å². The van der Waals surface area contributed by atoms with Gasteiger partial charge in [-0.1, -0.05) is 0 Å². The summed E-state index contributed by atoms with van der Waals surface area (Å²) in [4.78, 5) is 18.6. The number of rotatable bonds is 2. The average Bonchev–Trinajstić information content (AvgIpc) is 3.03. The van der Waals surface area contributed by atoms with Crippen molar-refractivity contribution in [3.05, 3.63) is 23.2 Å². The van der Waals surface area contributed by atoms with E-state index in [-0.39, 0.29) is 11.8 Å². The number of thiazole rings is 1. The number of aromatic nitrogens is 1. The van der Waals surface area contributed by atoms with E-state index < -0.39 is 0 Å². The highest BCUT2D eigenvalue weighted by Gasteiger charge is 2.26. The number of hydrogen-bond donors (Lipinski definition) is 1. The van der Waals surface area contributed by atoms with E-state index in [1.807, 2.05) is 26.1 Å². The van der Waals surface area contributed by atoms with E-state index in [1.165, 1.54) is 0 Å². The molecule has 100 valence electrons. The summed E-state index contributed by atoms with van der Waals surface area (Å²) in [5.41, 5.74) is 1.96. The van der Waals surface area contributed by atoms with Gasteiger partial charge in [-0.3, -0.25) is 4.79 Å². The Morgan fingerprint density at radius 2 is 2.37 bits per heavy atom. The van der Waals surface area contributed by atoms with Crippen LogP contribution in [-0.4, -0.2) is 31.0 Å². The molecule has 0 aliphatic carbocycles. The molecule has 1 amide bonds. The molecule has 0 saturated carbocycles. The zero-order chi connectivity index (χ0) is 13.4. The van der Waals surface area contributed by atoms with E-state index in [9.17, 15) is 4.79 Å². The summed E-state index contributed by atoms with van der Waals surface area (Å²) in [7, 11) is 1.86. The van der Waals surface area contributed by atoms with Gasteiger partial charge in [0.2, 0.25) is 5.91 Å². The largest absolute Gasteiger partial charge is 0.316 e. The molecule has 0 radical (unpaired) electrons. The van der Waals surface area contributed by atoms with Crippen LogP contribution >= 0.6 is 11.3 Å². The summed E-state index contributed by atoms with van der Waals surface area (Å²) in [6.45, 7) is 3.74. The van der Waals surface area contributed by atoms with Gasteiger partial charge in [-0.15, -0.1) is 11.3 Å². The molecular weight excluding hydrogens is 258 g/mol. The van der Waals surface area contributed by atoms with Gasteiger partial charge in [0.15, 0.2) is 0 Å². The maximum atomic E-state index is 12.4. The quantitative estimate of drug-likeness (QED) is 0.913. The Kier molecular flexibility index (Phi) is 3.24. The Bertz CT molecular complexity index is 616. The molecule has 1 aromatic carbocycles. The second kappa shape index (κ2) is 4.90. The molecule has 0 bridgehead atoms. The first-order valence-corrected chi connectivity index (χ1v) is 7.32. The molecule has 1 aliphatic heterocycles. The maximum absolute atomic E-state index is 12.4. The molecule has 1 fully saturated rings. The number of amides is 1. The van der Waals surface area contributed by atoms with Gasteiger partial charge < -0.3 is 10.2 Å². The Hall–Kier alpha value is -1.46. The molecule has 3 rings (SSSR count). The predicted molar refractivity (Wildman–Crippen MR) is 78.7 cm³/mol. The highest BCUT2D eigenvalue weighted by Crippen LogP contribution is 2.27. The second-order valence-corrected chi connectivity index (χ2v) is 6.21. The number of nitrogens with zero attached hydrogens (tertiary/aromatic N) is 2. The van der Waals surface area contributed by atoms with Crippen LogP contribution in [0.4, 0.5) is 5.69 Å². The SMILES string of the molecule is Cc1nc2ccc(N(C)C(=O)C3CCNC3)cc2s1. The standard InChI is InChI=1S/C14H17N3OS/c1-9-16-12-4-3-11(7-13(12)19-9)17(2)14(18)10-5-6-15-8-10/h3-4,7,10,15H,5-6,8H2,1-2H3. The van der Waals surface area contributed by atoms with Gasteiger partial charge in [-0.25, -0.2) is 4.98 Å². The summed E-state index contributed by atoms with van der Waals surface area (Å²) in [5, 5.41) is 4.29. The third-order valence-corrected chi connectivity index (χ3v) is 4.54. The molecule has 0 spiro atoms. The maximum Gasteiger partial charge on any atom is 0.231 e. The lowest BCUT2D eigenvalue weighted by molar-refractivity contribution is -0.121. The van der Waals surface area contributed by atoms with Gasteiger partial charge in [0, 0.05) is 19.3 Å². The van der Waals surface area contributed by atoms with Crippen molar-refractivity contribution < 1.29 is 4.79 Å². The van der Waals surface area contributed by atoms with Crippen molar-refractivity contribution in [3.63, 3.8) is 0 Å². The smallest absolute Gasteiger partial charge is 0.231 e. The van der Waals surface area contributed by atoms with Crippen LogP contribution in [0.25, 0.3) is 10.2 Å². The summed E-state index contributed by atoms with van der Waals surface area (Å²) in [6, 6.07) is 6.02. The first kappa shape index (κ1) is 12.6. The van der Waals surface area contributed by atoms with Crippen molar-refractivity contribution in [1.82, 2.24) is 10.3 Å². The zero-order valence-electron chi connectivity index (χ0n) is 11.1. The van der Waals surface area contributed by atoms with Crippen molar-refractivity contribution >= 4 is 33.1 Å². The van der Waals surface area contributed by atoms with Crippen LogP contribution in [0.5, 0.6) is 0 Å². The lowest BCUT2D eigenvalue weighted by atomic mass is 10.1. The van der Waals surface area contributed by atoms with Gasteiger partial charge in [-0.2, -0.15) is 0 Å². The van der Waals surface area contributed by atoms with Crippen LogP contribution in [0.1, 0.15) is 11.4 Å². The number of hydrogen-bond acceptors (Lipinski definition) is 4. The normalized spacial score (nSPS) is 18.9. The lowest BCUT2D eigenvalue weighted by Gasteiger charge is -2.20. The highest BCUT2D eigenvalue weighted by atomic mass is 32.1. The van der Waals surface area contributed by atoms with E-state index in [4.69, 9.17) is 0 Å². The molecule has 1 atom stereocenters. The van der Waals surface area contributed by atoms with Gasteiger partial charge >= 0.3 is 0 Å². The Labute approximate surface area is 116 Å². The monoisotopic (exact) mass is 275 g/mol. The Balaban J connectivity index is 1.87. The van der Waals surface area contributed by atoms with E-state index in [0.29, 0.717) is 0 Å². The molecular formula is C14H17N3OS. The highest BCUT2D eigenvalue weighted by molar-refractivity contribution is 7.18. The third kappa shape index (κ3) is 2.35. The second-order valence-electron chi connectivity index (χ2n) is 4.97. The third-order valence-electron chi connectivity index (χ3n) is 3.61. The average molecular weight is 275 g/mol. The first-order chi connectivity index (χ1) is 9.15. The molecule has 1 N–H and O–H groups in total. The summed E-state index contributed by atoms with van der Waals surface area (Å²) in [6.07, 6.45) is 0.936. The Morgan fingerprint density at radius 3 is 3.11 bits per heavy atom. The molecule has 1 unspecified atom stereocenters. The number of carbonyl (C=O) groups is 1. The van der Waals surface area contributed by atoms with Gasteiger partial charge in [-0.05, 0) is 38.1 Å². The fourth-order valence-electron chi connectivity index (χ4n) is 2.50. The fraction of sp³-hybridized carbons (Fsp3) is 0.429. The van der Waals surface area contributed by atoms with Crippen molar-refractivity contribution in [1.29, 1.82) is 0 Å². The van der Waals surface area contributed by atoms with E-state index in [1.54, 1.807) is 16.2 Å².